The maximum atomic E-state index is 3.40. The molecule has 1 aromatic rings. The first-order valence-electron chi connectivity index (χ1n) is 4.17. The molecule has 0 spiro atoms. The third kappa shape index (κ3) is 1.16. The Morgan fingerprint density at radius 1 is 1.36 bits per heavy atom. The lowest BCUT2D eigenvalue weighted by molar-refractivity contribution is 0.382. The molecule has 1 aliphatic heterocycles. The quantitative estimate of drug-likeness (QED) is 0.641. The number of aryl methyl sites for hydroxylation is 1. The molecule has 0 radical (unpaired) electrons. The first kappa shape index (κ1) is 6.86. The van der Waals surface area contributed by atoms with E-state index in [2.05, 4.69) is 36.5 Å². The predicted octanol–water partition coefficient (Wildman–Crippen LogP) is 2.03. The molecule has 0 bridgehead atoms. The third-order valence-electron chi connectivity index (χ3n) is 2.39. The summed E-state index contributed by atoms with van der Waals surface area (Å²) >= 11 is 0. The first-order valence-corrected chi connectivity index (χ1v) is 4.17. The van der Waals surface area contributed by atoms with E-state index in [9.17, 15) is 0 Å². The Hall–Kier alpha value is -0.820. The van der Waals surface area contributed by atoms with Gasteiger partial charge < -0.3 is 5.32 Å². The van der Waals surface area contributed by atoms with Crippen molar-refractivity contribution in [1.29, 1.82) is 0 Å². The van der Waals surface area contributed by atoms with E-state index in [1.807, 2.05) is 0 Å². The second kappa shape index (κ2) is 2.67. The van der Waals surface area contributed by atoms with Crippen molar-refractivity contribution in [2.24, 2.45) is 0 Å². The van der Waals surface area contributed by atoms with E-state index in [0.29, 0.717) is 6.04 Å². The highest BCUT2D eigenvalue weighted by Gasteiger charge is 2.18. The Morgan fingerprint density at radius 2 is 2.09 bits per heavy atom. The van der Waals surface area contributed by atoms with Gasteiger partial charge in [-0.05, 0) is 31.0 Å². The van der Waals surface area contributed by atoms with Crippen molar-refractivity contribution in [2.75, 3.05) is 6.54 Å². The summed E-state index contributed by atoms with van der Waals surface area (Å²) in [5.74, 6) is 0. The molecular formula is C10H13N. The molecule has 11 heavy (non-hydrogen) atoms. The topological polar surface area (TPSA) is 12.0 Å². The fourth-order valence-electron chi connectivity index (χ4n) is 1.53. The van der Waals surface area contributed by atoms with Crippen molar-refractivity contribution < 1.29 is 0 Å². The average molecular weight is 147 g/mol. The highest BCUT2D eigenvalue weighted by atomic mass is 15.0. The predicted molar refractivity (Wildman–Crippen MR) is 46.5 cm³/mol. The van der Waals surface area contributed by atoms with Gasteiger partial charge in [-0.2, -0.15) is 0 Å². The van der Waals surface area contributed by atoms with Crippen LogP contribution in [0.5, 0.6) is 0 Å². The zero-order valence-electron chi connectivity index (χ0n) is 6.80. The van der Waals surface area contributed by atoms with Crippen molar-refractivity contribution in [1.82, 2.24) is 5.32 Å². The van der Waals surface area contributed by atoms with Gasteiger partial charge in [0.2, 0.25) is 0 Å². The number of rotatable bonds is 1. The van der Waals surface area contributed by atoms with E-state index in [-0.39, 0.29) is 0 Å². The fraction of sp³-hybridized carbons (Fsp3) is 0.400. The summed E-state index contributed by atoms with van der Waals surface area (Å²) in [5.41, 5.74) is 2.88. The smallest absolute Gasteiger partial charge is 0.0334 e. The normalized spacial score (nSPS) is 22.8. The van der Waals surface area contributed by atoms with Crippen molar-refractivity contribution in [3.05, 3.63) is 35.4 Å². The highest BCUT2D eigenvalue weighted by Crippen LogP contribution is 2.24. The molecular weight excluding hydrogens is 134 g/mol. The molecule has 0 unspecified atom stereocenters. The van der Waals surface area contributed by atoms with Crippen molar-refractivity contribution >= 4 is 0 Å². The minimum Gasteiger partial charge on any atom is -0.310 e. The van der Waals surface area contributed by atoms with Gasteiger partial charge in [0.05, 0.1) is 0 Å². The third-order valence-corrected chi connectivity index (χ3v) is 2.39. The van der Waals surface area contributed by atoms with Crippen LogP contribution in [0.3, 0.4) is 0 Å². The van der Waals surface area contributed by atoms with Crippen LogP contribution in [0.2, 0.25) is 0 Å². The minimum absolute atomic E-state index is 0.635. The van der Waals surface area contributed by atoms with Crippen LogP contribution in [0.15, 0.2) is 24.3 Å². The van der Waals surface area contributed by atoms with Crippen LogP contribution in [0.1, 0.15) is 23.6 Å². The van der Waals surface area contributed by atoms with Crippen molar-refractivity contribution in [2.45, 2.75) is 19.4 Å². The SMILES string of the molecule is Cc1ccccc1[C@H]1CCN1. The molecule has 1 nitrogen and oxygen atoms in total. The lowest BCUT2D eigenvalue weighted by Gasteiger charge is -2.29. The Kier molecular flexibility index (Phi) is 1.66. The molecule has 1 N–H and O–H groups in total. The number of hydrogen-bond acceptors (Lipinski definition) is 1. The van der Waals surface area contributed by atoms with Gasteiger partial charge in [-0.1, -0.05) is 24.3 Å². The van der Waals surface area contributed by atoms with E-state index in [1.165, 1.54) is 24.1 Å². The summed E-state index contributed by atoms with van der Waals surface area (Å²) < 4.78 is 0. The maximum absolute atomic E-state index is 3.40. The molecule has 58 valence electrons. The standard InChI is InChI=1S/C10H13N/c1-8-4-2-3-5-9(8)10-6-7-11-10/h2-5,10-11H,6-7H2,1H3/t10-/m1/s1. The molecule has 2 rings (SSSR count). The maximum Gasteiger partial charge on any atom is 0.0334 e. The number of benzene rings is 1. The van der Waals surface area contributed by atoms with Gasteiger partial charge in [0.25, 0.3) is 0 Å². The van der Waals surface area contributed by atoms with Gasteiger partial charge >= 0.3 is 0 Å². The monoisotopic (exact) mass is 147 g/mol. The molecule has 1 heteroatoms. The van der Waals surface area contributed by atoms with Crippen LogP contribution < -0.4 is 5.32 Å². The molecule has 1 aromatic carbocycles. The van der Waals surface area contributed by atoms with Crippen LogP contribution in [-0.4, -0.2) is 6.54 Å². The Bertz CT molecular complexity index is 251. The van der Waals surface area contributed by atoms with E-state index >= 15 is 0 Å². The summed E-state index contributed by atoms with van der Waals surface area (Å²) in [6.45, 7) is 3.36. The molecule has 1 fully saturated rings. The Morgan fingerprint density at radius 3 is 2.64 bits per heavy atom. The zero-order valence-corrected chi connectivity index (χ0v) is 6.80. The van der Waals surface area contributed by atoms with Crippen LogP contribution in [-0.2, 0) is 0 Å². The lowest BCUT2D eigenvalue weighted by Crippen LogP contribution is -2.35. The molecule has 0 saturated carbocycles. The summed E-state index contributed by atoms with van der Waals surface area (Å²) in [4.78, 5) is 0. The lowest BCUT2D eigenvalue weighted by atomic mass is 9.94. The van der Waals surface area contributed by atoms with Crippen LogP contribution in [0.4, 0.5) is 0 Å². The van der Waals surface area contributed by atoms with E-state index in [4.69, 9.17) is 0 Å². The molecule has 1 heterocycles. The second-order valence-electron chi connectivity index (χ2n) is 3.15. The van der Waals surface area contributed by atoms with Crippen molar-refractivity contribution in [3.63, 3.8) is 0 Å². The minimum atomic E-state index is 0.635. The Balaban J connectivity index is 2.28. The summed E-state index contributed by atoms with van der Waals surface area (Å²) in [6, 6.07) is 9.23. The molecule has 0 amide bonds. The Labute approximate surface area is 67.4 Å². The largest absolute Gasteiger partial charge is 0.310 e. The van der Waals surface area contributed by atoms with Gasteiger partial charge in [0.1, 0.15) is 0 Å². The fourth-order valence-corrected chi connectivity index (χ4v) is 1.53. The number of nitrogens with one attached hydrogen (secondary N) is 1. The summed E-state index contributed by atoms with van der Waals surface area (Å²) in [7, 11) is 0. The average Bonchev–Trinajstić information content (AvgIpc) is 1.90. The molecule has 1 saturated heterocycles. The zero-order chi connectivity index (χ0) is 7.68. The molecule has 1 atom stereocenters. The summed E-state index contributed by atoms with van der Waals surface area (Å²) in [5, 5.41) is 3.40. The van der Waals surface area contributed by atoms with Crippen LogP contribution in [0.25, 0.3) is 0 Å². The molecule has 0 aliphatic carbocycles. The second-order valence-corrected chi connectivity index (χ2v) is 3.15. The summed E-state index contributed by atoms with van der Waals surface area (Å²) in [6.07, 6.45) is 1.30. The van der Waals surface area contributed by atoms with E-state index < -0.39 is 0 Å². The van der Waals surface area contributed by atoms with E-state index in [1.54, 1.807) is 0 Å². The van der Waals surface area contributed by atoms with Gasteiger partial charge in [0.15, 0.2) is 0 Å². The van der Waals surface area contributed by atoms with Gasteiger partial charge in [-0.3, -0.25) is 0 Å². The first-order chi connectivity index (χ1) is 5.38. The van der Waals surface area contributed by atoms with Gasteiger partial charge in [0, 0.05) is 6.04 Å². The van der Waals surface area contributed by atoms with Gasteiger partial charge in [-0.15, -0.1) is 0 Å². The van der Waals surface area contributed by atoms with E-state index in [0.717, 1.165) is 0 Å². The number of hydrogen-bond donors (Lipinski definition) is 1. The van der Waals surface area contributed by atoms with Crippen LogP contribution >= 0.6 is 0 Å². The van der Waals surface area contributed by atoms with Crippen molar-refractivity contribution in [3.8, 4) is 0 Å². The van der Waals surface area contributed by atoms with Gasteiger partial charge in [-0.25, -0.2) is 0 Å². The highest BCUT2D eigenvalue weighted by molar-refractivity contribution is 5.29. The molecule has 0 aromatic heterocycles. The molecule has 1 aliphatic rings. The van der Waals surface area contributed by atoms with Crippen LogP contribution in [0, 0.1) is 6.92 Å².